The third kappa shape index (κ3) is 5.37. The summed E-state index contributed by atoms with van der Waals surface area (Å²) in [5.74, 6) is 2.08. The van der Waals surface area contributed by atoms with E-state index in [4.69, 9.17) is 9.98 Å². The Kier molecular flexibility index (Phi) is 6.67. The molecule has 0 aliphatic carbocycles. The molecule has 0 amide bonds. The molecule has 0 spiro atoms. The molecule has 1 fully saturated rings. The molecule has 2 aromatic heterocycles. The Balaban J connectivity index is 1.21. The number of halogens is 3. The van der Waals surface area contributed by atoms with E-state index in [1.165, 1.54) is 46.5 Å². The Morgan fingerprint density at radius 1 is 0.975 bits per heavy atom. The molecule has 3 aromatic carbocycles. The molecule has 0 N–H and O–H groups in total. The zero-order valence-corrected chi connectivity index (χ0v) is 22.3. The smallest absolute Gasteiger partial charge is 0.406 e. The average Bonchev–Trinajstić information content (AvgIpc) is 3.41. The van der Waals surface area contributed by atoms with Crippen LogP contribution >= 0.6 is 11.8 Å². The second kappa shape index (κ2) is 10.3. The lowest BCUT2D eigenvalue weighted by atomic mass is 10.0. The van der Waals surface area contributed by atoms with Crippen molar-refractivity contribution in [3.05, 3.63) is 90.8 Å². The molecule has 202 valence electrons. The molecule has 3 heterocycles. The number of hydrogen-bond donors (Lipinski definition) is 0. The molecule has 0 unspecified atom stereocenters. The second-order valence-corrected chi connectivity index (χ2v) is 10.4. The number of aromatic nitrogens is 4. The molecule has 0 atom stereocenters. The lowest BCUT2D eigenvalue weighted by molar-refractivity contribution is -0.274. The Morgan fingerprint density at radius 3 is 2.50 bits per heavy atom. The van der Waals surface area contributed by atoms with Gasteiger partial charge in [-0.15, -0.1) is 18.3 Å². The fraction of sp³-hybridized carbons (Fsp3) is 0.172. The van der Waals surface area contributed by atoms with Gasteiger partial charge in [0.15, 0.2) is 16.8 Å². The maximum atomic E-state index is 12.4. The Hall–Kier alpha value is -4.38. The van der Waals surface area contributed by atoms with Crippen LogP contribution in [0.1, 0.15) is 25.3 Å². The summed E-state index contributed by atoms with van der Waals surface area (Å²) in [6.45, 7) is 4.38. The monoisotopic (exact) mass is 560 g/mol. The van der Waals surface area contributed by atoms with E-state index in [-0.39, 0.29) is 5.75 Å². The summed E-state index contributed by atoms with van der Waals surface area (Å²) in [4.78, 5) is 16.1. The minimum atomic E-state index is -4.74. The Labute approximate surface area is 232 Å². The maximum Gasteiger partial charge on any atom is 0.573 e. The number of benzene rings is 3. The fourth-order valence-corrected chi connectivity index (χ4v) is 5.18. The number of para-hydroxylation sites is 1. The zero-order valence-electron chi connectivity index (χ0n) is 21.5. The molecule has 0 bridgehead atoms. The van der Waals surface area contributed by atoms with E-state index in [2.05, 4.69) is 57.8 Å². The van der Waals surface area contributed by atoms with E-state index in [9.17, 15) is 13.2 Å². The summed E-state index contributed by atoms with van der Waals surface area (Å²) >= 11 is 1.69. The minimum absolute atomic E-state index is 0.299. The summed E-state index contributed by atoms with van der Waals surface area (Å²) < 4.78 is 42.7. The van der Waals surface area contributed by atoms with Gasteiger partial charge >= 0.3 is 6.36 Å². The highest BCUT2D eigenvalue weighted by atomic mass is 32.2. The molecule has 1 saturated heterocycles. The predicted molar refractivity (Wildman–Crippen MR) is 151 cm³/mol. The highest BCUT2D eigenvalue weighted by Crippen LogP contribution is 2.37. The molecule has 7 nitrogen and oxygen atoms in total. The SMILES string of the molecule is CC(C)c1ccccc1N1CS/C1=N\c1ccc2cc(-c3ncn(-c4ccc(OC(F)(F)F)cc4)n3)ccc2n1. The number of pyridine rings is 1. The van der Waals surface area contributed by atoms with Crippen LogP contribution < -0.4 is 9.64 Å². The quantitative estimate of drug-likeness (QED) is 0.212. The van der Waals surface area contributed by atoms with Crippen LogP contribution in [0.25, 0.3) is 28.0 Å². The molecule has 11 heteroatoms. The fourth-order valence-electron chi connectivity index (χ4n) is 4.41. The highest BCUT2D eigenvalue weighted by Gasteiger charge is 2.31. The van der Waals surface area contributed by atoms with Crippen molar-refractivity contribution < 1.29 is 17.9 Å². The molecule has 0 saturated carbocycles. The Morgan fingerprint density at radius 2 is 1.77 bits per heavy atom. The molecule has 1 aliphatic rings. The van der Waals surface area contributed by atoms with Crippen molar-refractivity contribution in [2.24, 2.45) is 4.99 Å². The molecule has 40 heavy (non-hydrogen) atoms. The summed E-state index contributed by atoms with van der Waals surface area (Å²) in [7, 11) is 0. The van der Waals surface area contributed by atoms with E-state index in [0.29, 0.717) is 23.2 Å². The maximum absolute atomic E-state index is 12.4. The van der Waals surface area contributed by atoms with Crippen LogP contribution in [0.2, 0.25) is 0 Å². The van der Waals surface area contributed by atoms with Crippen molar-refractivity contribution in [2.75, 3.05) is 10.8 Å². The van der Waals surface area contributed by atoms with Crippen molar-refractivity contribution >= 4 is 39.3 Å². The number of rotatable bonds is 6. The number of alkyl halides is 3. The van der Waals surface area contributed by atoms with Crippen LogP contribution in [0.15, 0.2) is 90.2 Å². The van der Waals surface area contributed by atoms with Gasteiger partial charge in [-0.2, -0.15) is 0 Å². The lowest BCUT2D eigenvalue weighted by Gasteiger charge is -2.35. The summed E-state index contributed by atoms with van der Waals surface area (Å²) in [5, 5.41) is 6.32. The number of nitrogens with zero attached hydrogens (tertiary/aromatic N) is 6. The van der Waals surface area contributed by atoms with E-state index >= 15 is 0 Å². The number of anilines is 1. The molecule has 1 aliphatic heterocycles. The van der Waals surface area contributed by atoms with Gasteiger partial charge in [0.2, 0.25) is 0 Å². The summed E-state index contributed by atoms with van der Waals surface area (Å²) in [6.07, 6.45) is -3.23. The highest BCUT2D eigenvalue weighted by molar-refractivity contribution is 8.16. The van der Waals surface area contributed by atoms with Crippen LogP contribution in [0.4, 0.5) is 24.7 Å². The third-order valence-corrected chi connectivity index (χ3v) is 7.33. The number of fused-ring (bicyclic) bond motifs is 1. The van der Waals surface area contributed by atoms with Gasteiger partial charge in [0.05, 0.1) is 17.1 Å². The van der Waals surface area contributed by atoms with Gasteiger partial charge in [0.25, 0.3) is 0 Å². The van der Waals surface area contributed by atoms with Gasteiger partial charge in [-0.3, -0.25) is 0 Å². The van der Waals surface area contributed by atoms with Crippen molar-refractivity contribution in [3.8, 4) is 22.8 Å². The third-order valence-electron chi connectivity index (χ3n) is 6.37. The van der Waals surface area contributed by atoms with Gasteiger partial charge in [0, 0.05) is 16.6 Å². The number of thioether (sulfide) groups is 1. The predicted octanol–water partition coefficient (Wildman–Crippen LogP) is 7.70. The van der Waals surface area contributed by atoms with Gasteiger partial charge in [-0.05, 0) is 72.1 Å². The van der Waals surface area contributed by atoms with E-state index in [1.807, 2.05) is 30.3 Å². The molecule has 0 radical (unpaired) electrons. The molecule has 5 aromatic rings. The molecular weight excluding hydrogens is 537 g/mol. The van der Waals surface area contributed by atoms with Crippen LogP contribution in [-0.4, -0.2) is 37.2 Å². The Bertz CT molecular complexity index is 1720. The number of amidine groups is 1. The van der Waals surface area contributed by atoms with Crippen LogP contribution in [0, 0.1) is 0 Å². The number of ether oxygens (including phenoxy) is 1. The zero-order chi connectivity index (χ0) is 27.9. The van der Waals surface area contributed by atoms with Gasteiger partial charge in [-0.1, -0.05) is 43.8 Å². The first-order chi connectivity index (χ1) is 19.2. The topological polar surface area (TPSA) is 68.4 Å². The van der Waals surface area contributed by atoms with Gasteiger partial charge < -0.3 is 9.64 Å². The van der Waals surface area contributed by atoms with Crippen molar-refractivity contribution in [2.45, 2.75) is 26.1 Å². The normalized spacial score (nSPS) is 14.7. The van der Waals surface area contributed by atoms with E-state index in [1.54, 1.807) is 11.8 Å². The number of aliphatic imine (C=N–C) groups is 1. The van der Waals surface area contributed by atoms with Crippen LogP contribution in [0.5, 0.6) is 5.75 Å². The summed E-state index contributed by atoms with van der Waals surface area (Å²) in [6, 6.07) is 23.4. The van der Waals surface area contributed by atoms with Gasteiger partial charge in [0.1, 0.15) is 12.1 Å². The van der Waals surface area contributed by atoms with Crippen LogP contribution in [0.3, 0.4) is 0 Å². The van der Waals surface area contributed by atoms with Crippen molar-refractivity contribution in [1.82, 2.24) is 19.7 Å². The second-order valence-electron chi connectivity index (χ2n) is 9.44. The first kappa shape index (κ1) is 25.9. The average molecular weight is 561 g/mol. The van der Waals surface area contributed by atoms with E-state index < -0.39 is 6.36 Å². The van der Waals surface area contributed by atoms with Crippen molar-refractivity contribution in [1.29, 1.82) is 0 Å². The van der Waals surface area contributed by atoms with Crippen molar-refractivity contribution in [3.63, 3.8) is 0 Å². The standard InChI is InChI=1S/C29H23F3N6OS/c1-18(2)23-5-3-4-6-25(23)37-17-40-28(37)35-26-14-8-19-15-20(7-13-24(19)34-26)27-33-16-38(36-27)21-9-11-22(12-10-21)39-29(30,31)32/h3-16,18H,17H2,1-2H3/b35-28-. The molecular formula is C29H23F3N6OS. The largest absolute Gasteiger partial charge is 0.573 e. The van der Waals surface area contributed by atoms with Gasteiger partial charge in [-0.25, -0.2) is 19.6 Å². The first-order valence-electron chi connectivity index (χ1n) is 12.5. The van der Waals surface area contributed by atoms with Crippen LogP contribution in [-0.2, 0) is 0 Å². The first-order valence-corrected chi connectivity index (χ1v) is 13.5. The van der Waals surface area contributed by atoms with E-state index in [0.717, 1.165) is 27.5 Å². The number of hydrogen-bond acceptors (Lipinski definition) is 6. The molecule has 6 rings (SSSR count). The minimum Gasteiger partial charge on any atom is -0.406 e. The summed E-state index contributed by atoms with van der Waals surface area (Å²) in [5.41, 5.74) is 4.60. The lowest BCUT2D eigenvalue weighted by Crippen LogP contribution is -2.39.